The first-order chi connectivity index (χ1) is 18.9. The van der Waals surface area contributed by atoms with Crippen molar-refractivity contribution in [3.8, 4) is 11.1 Å². The van der Waals surface area contributed by atoms with E-state index in [9.17, 15) is 9.59 Å². The molecule has 208 valence electrons. The van der Waals surface area contributed by atoms with Crippen molar-refractivity contribution in [3.63, 3.8) is 0 Å². The van der Waals surface area contributed by atoms with E-state index in [4.69, 9.17) is 9.72 Å². The van der Waals surface area contributed by atoms with Crippen molar-refractivity contribution >= 4 is 23.1 Å². The largest absolute Gasteiger partial charge is 0.381 e. The lowest BCUT2D eigenvalue weighted by atomic mass is 9.90. The number of likely N-dealkylation sites (N-methyl/N-ethyl adjacent to an activating group) is 1. The van der Waals surface area contributed by atoms with Gasteiger partial charge in [-0.2, -0.15) is 0 Å². The number of nitrogens with zero attached hydrogens (tertiary/aromatic N) is 4. The number of aromatic nitrogens is 2. The fraction of sp³-hybridized carbons (Fsp3) is 0.500. The van der Waals surface area contributed by atoms with Gasteiger partial charge < -0.3 is 29.6 Å². The van der Waals surface area contributed by atoms with Crippen LogP contribution >= 0.6 is 0 Å². The Morgan fingerprint density at radius 3 is 2.54 bits per heavy atom. The molecule has 0 unspecified atom stereocenters. The smallest absolute Gasteiger partial charge is 0.246 e. The lowest BCUT2D eigenvalue weighted by Gasteiger charge is -2.35. The molecule has 3 aromatic rings. The standard InChI is InChI=1S/C30H40N6O3/c1-20(31-2)29(37)33-27(22-13-17-39-18-14-22)30(38)36-16-6-8-26(36)25-19-35-15-5-7-24(28(35)32-25)21-9-11-23(12-10-21)34(3)4/h5,7,9-12,15,19-20,22,26-27,31H,6,8,13-14,16-18H2,1-4H3,(H,33,37)/t20-,26-,27-/m0/s1. The Bertz CT molecular complexity index is 1300. The minimum absolute atomic E-state index is 0.0161. The molecule has 0 saturated carbocycles. The lowest BCUT2D eigenvalue weighted by molar-refractivity contribution is -0.140. The predicted molar refractivity (Wildman–Crippen MR) is 153 cm³/mol. The highest BCUT2D eigenvalue weighted by molar-refractivity contribution is 5.90. The van der Waals surface area contributed by atoms with Crippen molar-refractivity contribution in [1.82, 2.24) is 24.9 Å². The van der Waals surface area contributed by atoms with Crippen LogP contribution in [-0.4, -0.2) is 79.1 Å². The van der Waals surface area contributed by atoms with Gasteiger partial charge >= 0.3 is 0 Å². The van der Waals surface area contributed by atoms with E-state index in [-0.39, 0.29) is 29.8 Å². The number of pyridine rings is 1. The number of ether oxygens (including phenoxy) is 1. The average molecular weight is 533 g/mol. The summed E-state index contributed by atoms with van der Waals surface area (Å²) in [5.41, 5.74) is 5.06. The van der Waals surface area contributed by atoms with E-state index in [0.717, 1.165) is 53.8 Å². The van der Waals surface area contributed by atoms with Gasteiger partial charge in [0.2, 0.25) is 11.8 Å². The number of anilines is 1. The normalized spacial score (nSPS) is 19.7. The van der Waals surface area contributed by atoms with Gasteiger partial charge in [0, 0.05) is 57.5 Å². The molecule has 1 aromatic carbocycles. The molecule has 5 rings (SSSR count). The highest BCUT2D eigenvalue weighted by Gasteiger charge is 2.40. The molecule has 2 aliphatic heterocycles. The van der Waals surface area contributed by atoms with Crippen LogP contribution in [0.25, 0.3) is 16.8 Å². The Morgan fingerprint density at radius 1 is 1.10 bits per heavy atom. The summed E-state index contributed by atoms with van der Waals surface area (Å²) in [6.07, 6.45) is 7.33. The molecule has 0 aliphatic carbocycles. The van der Waals surface area contributed by atoms with E-state index in [1.165, 1.54) is 0 Å². The number of hydrogen-bond acceptors (Lipinski definition) is 6. The van der Waals surface area contributed by atoms with E-state index >= 15 is 0 Å². The van der Waals surface area contributed by atoms with Crippen LogP contribution in [0, 0.1) is 5.92 Å². The second-order valence-corrected chi connectivity index (χ2v) is 10.9. The van der Waals surface area contributed by atoms with Crippen LogP contribution in [0.1, 0.15) is 44.3 Å². The summed E-state index contributed by atoms with van der Waals surface area (Å²) in [6, 6.07) is 11.5. The molecule has 9 nitrogen and oxygen atoms in total. The molecule has 2 aliphatic rings. The first-order valence-electron chi connectivity index (χ1n) is 14.0. The van der Waals surface area contributed by atoms with Crippen LogP contribution in [0.5, 0.6) is 0 Å². The van der Waals surface area contributed by atoms with Gasteiger partial charge in [0.25, 0.3) is 0 Å². The van der Waals surface area contributed by atoms with Crippen LogP contribution in [0.2, 0.25) is 0 Å². The van der Waals surface area contributed by atoms with Crippen molar-refractivity contribution in [1.29, 1.82) is 0 Å². The average Bonchev–Trinajstić information content (AvgIpc) is 3.63. The van der Waals surface area contributed by atoms with Crippen LogP contribution in [-0.2, 0) is 14.3 Å². The summed E-state index contributed by atoms with van der Waals surface area (Å²) in [5, 5.41) is 6.06. The molecule has 0 bridgehead atoms. The maximum Gasteiger partial charge on any atom is 0.246 e. The summed E-state index contributed by atoms with van der Waals surface area (Å²) < 4.78 is 7.61. The Labute approximate surface area is 230 Å². The quantitative estimate of drug-likeness (QED) is 0.463. The summed E-state index contributed by atoms with van der Waals surface area (Å²) in [5.74, 6) is -0.119. The zero-order chi connectivity index (χ0) is 27.5. The number of nitrogens with one attached hydrogen (secondary N) is 2. The fourth-order valence-electron chi connectivity index (χ4n) is 5.71. The van der Waals surface area contributed by atoms with Gasteiger partial charge in [0.05, 0.1) is 17.8 Å². The molecule has 9 heteroatoms. The molecule has 2 N–H and O–H groups in total. The number of fused-ring (bicyclic) bond motifs is 1. The zero-order valence-electron chi connectivity index (χ0n) is 23.4. The summed E-state index contributed by atoms with van der Waals surface area (Å²) >= 11 is 0. The summed E-state index contributed by atoms with van der Waals surface area (Å²) in [7, 11) is 5.81. The molecule has 0 spiro atoms. The van der Waals surface area contributed by atoms with Crippen LogP contribution in [0.15, 0.2) is 48.8 Å². The van der Waals surface area contributed by atoms with Crippen molar-refractivity contribution in [2.75, 3.05) is 45.8 Å². The number of imidazole rings is 1. The van der Waals surface area contributed by atoms with Crippen molar-refractivity contribution in [3.05, 3.63) is 54.5 Å². The van der Waals surface area contributed by atoms with Gasteiger partial charge in [0.15, 0.2) is 0 Å². The summed E-state index contributed by atoms with van der Waals surface area (Å²) in [6.45, 7) is 3.69. The maximum atomic E-state index is 14.1. The Kier molecular flexibility index (Phi) is 8.18. The number of amides is 2. The highest BCUT2D eigenvalue weighted by Crippen LogP contribution is 2.35. The number of likely N-dealkylation sites (tertiary alicyclic amines) is 1. The van der Waals surface area contributed by atoms with E-state index in [1.54, 1.807) is 7.05 Å². The third-order valence-electron chi connectivity index (χ3n) is 8.20. The molecule has 39 heavy (non-hydrogen) atoms. The van der Waals surface area contributed by atoms with Crippen molar-refractivity contribution in [2.45, 2.75) is 50.7 Å². The maximum absolute atomic E-state index is 14.1. The van der Waals surface area contributed by atoms with E-state index < -0.39 is 6.04 Å². The molecule has 0 radical (unpaired) electrons. The minimum atomic E-state index is -0.569. The molecule has 4 heterocycles. The van der Waals surface area contributed by atoms with Crippen molar-refractivity contribution < 1.29 is 14.3 Å². The number of benzene rings is 1. The number of carbonyl (C=O) groups is 2. The Balaban J connectivity index is 1.43. The summed E-state index contributed by atoms with van der Waals surface area (Å²) in [4.78, 5) is 36.0. The molecule has 2 amide bonds. The number of carbonyl (C=O) groups excluding carboxylic acids is 2. The number of hydrogen-bond donors (Lipinski definition) is 2. The van der Waals surface area contributed by atoms with Gasteiger partial charge in [-0.15, -0.1) is 0 Å². The first-order valence-corrected chi connectivity index (χ1v) is 14.0. The fourth-order valence-corrected chi connectivity index (χ4v) is 5.71. The molecular formula is C30H40N6O3. The monoisotopic (exact) mass is 532 g/mol. The number of rotatable bonds is 8. The predicted octanol–water partition coefficient (Wildman–Crippen LogP) is 3.25. The third-order valence-corrected chi connectivity index (χ3v) is 8.20. The van der Waals surface area contributed by atoms with Gasteiger partial charge in [0.1, 0.15) is 11.7 Å². The van der Waals surface area contributed by atoms with Gasteiger partial charge in [-0.05, 0) is 75.4 Å². The van der Waals surface area contributed by atoms with Gasteiger partial charge in [-0.3, -0.25) is 9.59 Å². The molecule has 2 fully saturated rings. The molecule has 2 saturated heterocycles. The third kappa shape index (κ3) is 5.65. The van der Waals surface area contributed by atoms with Crippen molar-refractivity contribution in [2.24, 2.45) is 5.92 Å². The van der Waals surface area contributed by atoms with Crippen LogP contribution in [0.3, 0.4) is 0 Å². The van der Waals surface area contributed by atoms with Gasteiger partial charge in [-0.1, -0.05) is 12.1 Å². The molecule has 3 atom stereocenters. The van der Waals surface area contributed by atoms with Gasteiger partial charge in [-0.25, -0.2) is 4.98 Å². The van der Waals surface area contributed by atoms with E-state index in [2.05, 4.69) is 56.5 Å². The van der Waals surface area contributed by atoms with Crippen LogP contribution < -0.4 is 15.5 Å². The SMILES string of the molecule is CN[C@@H](C)C(=O)N[C@H](C(=O)N1CCC[C@H]1c1cn2cccc(-c3ccc(N(C)C)cc3)c2n1)C1CCOCC1. The Hall–Kier alpha value is -3.43. The minimum Gasteiger partial charge on any atom is -0.381 e. The van der Waals surface area contributed by atoms with E-state index in [1.807, 2.05) is 38.2 Å². The second kappa shape index (κ2) is 11.8. The highest BCUT2D eigenvalue weighted by atomic mass is 16.5. The lowest BCUT2D eigenvalue weighted by Crippen LogP contribution is -2.56. The van der Waals surface area contributed by atoms with Crippen LogP contribution in [0.4, 0.5) is 5.69 Å². The molecule has 2 aromatic heterocycles. The molecular weight excluding hydrogens is 492 g/mol. The van der Waals surface area contributed by atoms with E-state index in [0.29, 0.717) is 19.8 Å². The second-order valence-electron chi connectivity index (χ2n) is 10.9. The first kappa shape index (κ1) is 27.1. The Morgan fingerprint density at radius 2 is 1.85 bits per heavy atom. The topological polar surface area (TPSA) is 91.2 Å². The zero-order valence-corrected chi connectivity index (χ0v) is 23.4.